The van der Waals surface area contributed by atoms with Crippen molar-refractivity contribution in [2.24, 2.45) is 0 Å². The van der Waals surface area contributed by atoms with E-state index in [9.17, 15) is 5.21 Å². The summed E-state index contributed by atoms with van der Waals surface area (Å²) >= 11 is 0. The van der Waals surface area contributed by atoms with Gasteiger partial charge in [-0.15, -0.1) is 0 Å². The standard InChI is InChI=1S/C4H13N4O.U/c1-4(2)6-8(9)7(3)5;/h5-8H,1-3H3;/q-1;. The van der Waals surface area contributed by atoms with Gasteiger partial charge in [0.1, 0.15) is 7.05 Å². The van der Waals surface area contributed by atoms with E-state index in [4.69, 9.17) is 5.84 Å². The van der Waals surface area contributed by atoms with E-state index in [1.54, 1.807) is 13.8 Å². The summed E-state index contributed by atoms with van der Waals surface area (Å²) in [6, 6.07) is 0.812. The molecule has 10 heavy (non-hydrogen) atoms. The molecule has 0 saturated carbocycles. The Kier molecular flexibility index (Phi) is 8.81. The second kappa shape index (κ2) is 6.56. The van der Waals surface area contributed by atoms with E-state index in [1.807, 2.05) is 0 Å². The summed E-state index contributed by atoms with van der Waals surface area (Å²) in [5, 5.41) is 10.3. The van der Waals surface area contributed by atoms with Crippen molar-refractivity contribution >= 4 is 0 Å². The van der Waals surface area contributed by atoms with Crippen molar-refractivity contribution < 1.29 is 41.5 Å². The SMILES string of the molecule is C[C-](C)N[NH+]([O-])[NH+](C)[NH-].[U]. The fourth-order valence-electron chi connectivity index (χ4n) is 0.321. The van der Waals surface area contributed by atoms with Gasteiger partial charge >= 0.3 is 0 Å². The maximum Gasteiger partial charge on any atom is 0.102 e. The van der Waals surface area contributed by atoms with Crippen molar-refractivity contribution in [3.63, 3.8) is 0 Å². The van der Waals surface area contributed by atoms with Gasteiger partial charge in [0, 0.05) is 31.1 Å². The van der Waals surface area contributed by atoms with E-state index in [2.05, 4.69) is 5.43 Å². The van der Waals surface area contributed by atoms with Crippen molar-refractivity contribution in [3.05, 3.63) is 17.1 Å². The topological polar surface area (TPSA) is 67.8 Å². The van der Waals surface area contributed by atoms with Gasteiger partial charge in [0.25, 0.3) is 0 Å². The first-order chi connectivity index (χ1) is 4.04. The fourth-order valence-corrected chi connectivity index (χ4v) is 0.321. The Bertz CT molecular complexity index is 79.7. The summed E-state index contributed by atoms with van der Waals surface area (Å²) in [7, 11) is 1.46. The molecule has 6 heteroatoms. The van der Waals surface area contributed by atoms with Gasteiger partial charge in [0.05, 0.1) is 0 Å². The Labute approximate surface area is 84.8 Å². The van der Waals surface area contributed by atoms with Crippen LogP contribution in [0.1, 0.15) is 13.8 Å². The van der Waals surface area contributed by atoms with Gasteiger partial charge in [-0.05, 0) is 0 Å². The number of rotatable bonds is 3. The third-order valence-electron chi connectivity index (χ3n) is 0.704. The molecule has 0 bridgehead atoms. The van der Waals surface area contributed by atoms with Crippen LogP contribution in [-0.2, 0) is 0 Å². The molecule has 0 rings (SSSR count). The van der Waals surface area contributed by atoms with Gasteiger partial charge in [-0.1, -0.05) is 0 Å². The molecule has 2 unspecified atom stereocenters. The molecule has 0 amide bonds. The second-order valence-corrected chi connectivity index (χ2v) is 2.08. The average Bonchev–Trinajstić information content (AvgIpc) is 1.63. The molecule has 0 aliphatic rings. The van der Waals surface area contributed by atoms with Crippen molar-refractivity contribution in [1.29, 1.82) is 0 Å². The Morgan fingerprint density at radius 1 is 1.50 bits per heavy atom. The molecule has 0 aliphatic carbocycles. The summed E-state index contributed by atoms with van der Waals surface area (Å²) in [6.45, 7) is 3.56. The zero-order valence-corrected chi connectivity index (χ0v) is 10.6. The summed E-state index contributed by atoms with van der Waals surface area (Å²) in [5.41, 5.74) is 2.50. The van der Waals surface area contributed by atoms with Crippen LogP contribution in [0.5, 0.6) is 0 Å². The first-order valence-corrected chi connectivity index (χ1v) is 2.70. The van der Waals surface area contributed by atoms with Crippen molar-refractivity contribution in [2.45, 2.75) is 13.8 Å². The van der Waals surface area contributed by atoms with Gasteiger partial charge in [-0.2, -0.15) is 25.2 Å². The predicted molar refractivity (Wildman–Crippen MR) is 33.3 cm³/mol. The largest absolute Gasteiger partial charge is 0.566 e. The molecule has 0 aliphatic heterocycles. The van der Waals surface area contributed by atoms with Crippen LogP contribution in [0.25, 0.3) is 5.84 Å². The van der Waals surface area contributed by atoms with E-state index >= 15 is 0 Å². The Morgan fingerprint density at radius 2 is 1.90 bits per heavy atom. The van der Waals surface area contributed by atoms with Crippen LogP contribution < -0.4 is 15.8 Å². The summed E-state index contributed by atoms with van der Waals surface area (Å²) < 4.78 is 0. The van der Waals surface area contributed by atoms with Crippen molar-refractivity contribution in [2.75, 3.05) is 7.05 Å². The van der Waals surface area contributed by atoms with Gasteiger partial charge in [-0.3, -0.25) is 5.43 Å². The molecule has 5 nitrogen and oxygen atoms in total. The number of hydrogen-bond acceptors (Lipinski definition) is 2. The predicted octanol–water partition coefficient (Wildman–Crippen LogP) is -2.16. The van der Waals surface area contributed by atoms with E-state index in [0.717, 1.165) is 6.04 Å². The minimum absolute atomic E-state index is 0. The minimum Gasteiger partial charge on any atom is -0.566 e. The first kappa shape index (κ1) is 13.4. The first-order valence-electron chi connectivity index (χ1n) is 2.70. The third-order valence-corrected chi connectivity index (χ3v) is 0.704. The molecule has 0 spiro atoms. The maximum atomic E-state index is 10.6. The van der Waals surface area contributed by atoms with Crippen LogP contribution in [0.15, 0.2) is 0 Å². The van der Waals surface area contributed by atoms with Gasteiger partial charge in [0.15, 0.2) is 0 Å². The zero-order valence-electron chi connectivity index (χ0n) is 6.41. The molecule has 4 N–H and O–H groups in total. The van der Waals surface area contributed by atoms with E-state index < -0.39 is 0 Å². The van der Waals surface area contributed by atoms with Crippen LogP contribution in [0.2, 0.25) is 0 Å². The van der Waals surface area contributed by atoms with E-state index in [1.165, 1.54) is 7.05 Å². The van der Waals surface area contributed by atoms with Crippen molar-refractivity contribution in [1.82, 2.24) is 5.43 Å². The number of nitrogens with one attached hydrogen (secondary N) is 4. The fraction of sp³-hybridized carbons (Fsp3) is 0.750. The van der Waals surface area contributed by atoms with Gasteiger partial charge in [0.2, 0.25) is 0 Å². The summed E-state index contributed by atoms with van der Waals surface area (Å²) in [6.07, 6.45) is 0. The Balaban J connectivity index is 0. The van der Waals surface area contributed by atoms with Crippen LogP contribution in [-0.4, -0.2) is 7.05 Å². The number of quaternary nitrogens is 2. The van der Waals surface area contributed by atoms with E-state index in [-0.39, 0.29) is 41.5 Å². The minimum atomic E-state index is -0.324. The van der Waals surface area contributed by atoms with Crippen molar-refractivity contribution in [3.8, 4) is 0 Å². The molecule has 0 heterocycles. The molecule has 0 aromatic heterocycles. The third kappa shape index (κ3) is 6.96. The maximum absolute atomic E-state index is 10.6. The Morgan fingerprint density at radius 3 is 2.00 bits per heavy atom. The molecular weight excluding hydrogens is 358 g/mol. The smallest absolute Gasteiger partial charge is 0.102 e. The van der Waals surface area contributed by atoms with Crippen LogP contribution in [0, 0.1) is 42.4 Å². The quantitative estimate of drug-likeness (QED) is 0.391. The zero-order chi connectivity index (χ0) is 7.44. The molecule has 0 aromatic carbocycles. The molecule has 2 atom stereocenters. The molecule has 60 valence electrons. The summed E-state index contributed by atoms with van der Waals surface area (Å²) in [5.74, 6) is 6.87. The summed E-state index contributed by atoms with van der Waals surface area (Å²) in [4.78, 5) is 0. The molecule has 0 radical (unpaired) electrons. The second-order valence-electron chi connectivity index (χ2n) is 2.08. The Hall–Kier alpha value is 0.852. The molecular formula is C4H13N4OU-. The molecule has 0 fully saturated rings. The van der Waals surface area contributed by atoms with E-state index in [0.29, 0.717) is 0 Å². The normalized spacial score (nSPS) is 16.2. The average molecular weight is 371 g/mol. The number of hydrogen-bond donors (Lipinski definition) is 3. The molecule has 0 aromatic rings. The van der Waals surface area contributed by atoms with Crippen LogP contribution in [0.3, 0.4) is 0 Å². The van der Waals surface area contributed by atoms with Gasteiger partial charge < -0.3 is 11.0 Å². The van der Waals surface area contributed by atoms with Crippen LogP contribution >= 0.6 is 0 Å². The van der Waals surface area contributed by atoms with Crippen LogP contribution in [0.4, 0.5) is 0 Å². The monoisotopic (exact) mass is 371 g/mol. The van der Waals surface area contributed by atoms with Gasteiger partial charge in [-0.25, -0.2) is 5.12 Å². The molecule has 0 saturated heterocycles.